The van der Waals surface area contributed by atoms with Gasteiger partial charge < -0.3 is 20.3 Å². The zero-order valence-corrected chi connectivity index (χ0v) is 45.8. The van der Waals surface area contributed by atoms with Crippen LogP contribution in [0, 0.1) is 0 Å². The number of aliphatic hydroxyl groups excluding tert-OH is 2. The number of nitrogens with one attached hydrogen (secondary N) is 1. The van der Waals surface area contributed by atoms with Crippen molar-refractivity contribution in [3.63, 3.8) is 0 Å². The molecule has 0 aromatic rings. The molecule has 0 bridgehead atoms. The number of hydrogen-bond donors (Lipinski definition) is 3. The van der Waals surface area contributed by atoms with Crippen LogP contribution in [0.1, 0.15) is 323 Å². The topological polar surface area (TPSA) is 95.9 Å². The predicted octanol–water partition coefficient (Wildman–Crippen LogP) is 18.8. The highest BCUT2D eigenvalue weighted by atomic mass is 16.5. The summed E-state index contributed by atoms with van der Waals surface area (Å²) in [7, 11) is 0. The van der Waals surface area contributed by atoms with E-state index in [0.29, 0.717) is 19.3 Å². The van der Waals surface area contributed by atoms with E-state index in [-0.39, 0.29) is 24.9 Å². The van der Waals surface area contributed by atoms with Crippen LogP contribution in [0.5, 0.6) is 0 Å². The van der Waals surface area contributed by atoms with E-state index in [4.69, 9.17) is 4.74 Å². The van der Waals surface area contributed by atoms with E-state index in [1.165, 1.54) is 212 Å². The lowest BCUT2D eigenvalue weighted by Gasteiger charge is -2.24. The molecule has 6 nitrogen and oxygen atoms in total. The Bertz CT molecular complexity index is 1120. The van der Waals surface area contributed by atoms with Gasteiger partial charge in [-0.2, -0.15) is 0 Å². The van der Waals surface area contributed by atoms with E-state index in [0.717, 1.165) is 64.2 Å². The summed E-state index contributed by atoms with van der Waals surface area (Å²) in [5, 5.41) is 23.9. The minimum atomic E-state index is -0.790. The first kappa shape index (κ1) is 66.1. The molecule has 0 saturated carbocycles. The largest absolute Gasteiger partial charge is 0.462 e. The van der Waals surface area contributed by atoms with Crippen LogP contribution in [0.2, 0.25) is 0 Å². The van der Waals surface area contributed by atoms with Crippen LogP contribution in [-0.2, 0) is 14.3 Å². The summed E-state index contributed by atoms with van der Waals surface area (Å²) in [6, 6.07) is -0.704. The van der Waals surface area contributed by atoms with Gasteiger partial charge in [-0.1, -0.05) is 295 Å². The first-order valence-electron chi connectivity index (χ1n) is 30.2. The molecule has 1 amide bonds. The number of amides is 1. The number of carbonyl (C=O) groups excluding carboxylic acids is 2. The molecule has 0 saturated heterocycles. The number of carbonyl (C=O) groups is 2. The van der Waals surface area contributed by atoms with Crippen LogP contribution in [0.4, 0.5) is 0 Å². The Kier molecular flexibility index (Phi) is 54.4. The highest BCUT2D eigenvalue weighted by Crippen LogP contribution is 2.19. The minimum Gasteiger partial charge on any atom is -0.462 e. The number of hydrogen-bond acceptors (Lipinski definition) is 5. The van der Waals surface area contributed by atoms with E-state index in [1.54, 1.807) is 0 Å². The molecule has 3 N–H and O–H groups in total. The van der Waals surface area contributed by atoms with Crippen molar-refractivity contribution in [2.24, 2.45) is 0 Å². The van der Waals surface area contributed by atoms with Gasteiger partial charge in [-0.25, -0.2) is 0 Å². The molecule has 0 radical (unpaired) electrons. The summed E-state index contributed by atoms with van der Waals surface area (Å²) in [6.45, 7) is 6.51. The molecular formula is C62H117NO5. The molecule has 0 aliphatic carbocycles. The Balaban J connectivity index is 4.57. The number of esters is 1. The maximum atomic E-state index is 13.3. The summed E-state index contributed by atoms with van der Waals surface area (Å²) < 4.78 is 5.97. The Hall–Kier alpha value is -1.92. The normalized spacial score (nSPS) is 13.3. The average molecular weight is 957 g/mol. The first-order chi connectivity index (χ1) is 33.5. The first-order valence-corrected chi connectivity index (χ1v) is 30.2. The molecule has 0 fully saturated rings. The van der Waals surface area contributed by atoms with Crippen molar-refractivity contribution in [2.45, 2.75) is 341 Å². The van der Waals surface area contributed by atoms with Gasteiger partial charge in [0.1, 0.15) is 6.10 Å². The lowest BCUT2D eigenvalue weighted by molar-refractivity contribution is -0.151. The summed E-state index contributed by atoms with van der Waals surface area (Å²) in [4.78, 5) is 26.3. The molecule has 0 rings (SSSR count). The van der Waals surface area contributed by atoms with Crippen molar-refractivity contribution >= 4 is 11.9 Å². The third-order valence-corrected chi connectivity index (χ3v) is 14.0. The maximum absolute atomic E-state index is 13.3. The second kappa shape index (κ2) is 56.0. The molecule has 0 aliphatic heterocycles. The molecule has 0 aromatic heterocycles. The lowest BCUT2D eigenvalue weighted by Crippen LogP contribution is -2.46. The quantitative estimate of drug-likeness (QED) is 0.0321. The van der Waals surface area contributed by atoms with Crippen LogP contribution in [-0.4, -0.2) is 46.9 Å². The Morgan fingerprint density at radius 1 is 0.426 bits per heavy atom. The van der Waals surface area contributed by atoms with Crippen LogP contribution in [0.25, 0.3) is 0 Å². The van der Waals surface area contributed by atoms with Crippen LogP contribution >= 0.6 is 0 Å². The summed E-state index contributed by atoms with van der Waals surface area (Å²) in [5.41, 5.74) is 0. The number of rotatable bonds is 55. The molecule has 0 aromatic carbocycles. The maximum Gasteiger partial charge on any atom is 0.306 e. The van der Waals surface area contributed by atoms with E-state index in [1.807, 2.05) is 0 Å². The van der Waals surface area contributed by atoms with Crippen molar-refractivity contribution in [3.8, 4) is 0 Å². The minimum absolute atomic E-state index is 0.0742. The van der Waals surface area contributed by atoms with Crippen molar-refractivity contribution < 1.29 is 24.5 Å². The zero-order valence-electron chi connectivity index (χ0n) is 45.8. The third-order valence-electron chi connectivity index (χ3n) is 14.0. The third kappa shape index (κ3) is 50.5. The second-order valence-corrected chi connectivity index (χ2v) is 20.8. The zero-order chi connectivity index (χ0) is 49.5. The fourth-order valence-corrected chi connectivity index (χ4v) is 9.44. The molecular weight excluding hydrogens is 839 g/mol. The summed E-state index contributed by atoms with van der Waals surface area (Å²) in [5.74, 6) is -0.477. The Labute approximate surface area is 424 Å². The molecule has 400 valence electrons. The summed E-state index contributed by atoms with van der Waals surface area (Å²) in [6.07, 6.45) is 67.8. The van der Waals surface area contributed by atoms with E-state index in [2.05, 4.69) is 62.5 Å². The van der Waals surface area contributed by atoms with Gasteiger partial charge in [0, 0.05) is 6.42 Å². The van der Waals surface area contributed by atoms with E-state index in [9.17, 15) is 19.8 Å². The number of aliphatic hydroxyl groups is 2. The van der Waals surface area contributed by atoms with Crippen molar-refractivity contribution in [1.29, 1.82) is 0 Å². The van der Waals surface area contributed by atoms with Gasteiger partial charge in [-0.3, -0.25) is 9.59 Å². The fourth-order valence-electron chi connectivity index (χ4n) is 9.44. The van der Waals surface area contributed by atoms with Gasteiger partial charge in [0.15, 0.2) is 0 Å². The molecule has 0 heterocycles. The Morgan fingerprint density at radius 2 is 0.750 bits per heavy atom. The van der Waals surface area contributed by atoms with Gasteiger partial charge in [-0.05, 0) is 51.4 Å². The Morgan fingerprint density at radius 3 is 1.12 bits per heavy atom. The van der Waals surface area contributed by atoms with Crippen LogP contribution < -0.4 is 5.32 Å². The molecule has 0 aliphatic rings. The smallest absolute Gasteiger partial charge is 0.306 e. The van der Waals surface area contributed by atoms with Gasteiger partial charge in [0.2, 0.25) is 5.91 Å². The molecule has 68 heavy (non-hydrogen) atoms. The predicted molar refractivity (Wildman–Crippen MR) is 296 cm³/mol. The second-order valence-electron chi connectivity index (χ2n) is 20.8. The number of unbranched alkanes of at least 4 members (excludes halogenated alkanes) is 39. The van der Waals surface area contributed by atoms with Gasteiger partial charge in [0.25, 0.3) is 0 Å². The standard InChI is InChI=1S/C62H117NO5/c1-4-7-10-13-16-19-22-25-28-30-32-34-37-40-43-46-49-52-55-62(67)68-58(53-50-47-44-41-38-35-33-31-29-26-23-20-17-14-11-8-5-2)56-61(66)63-59(57-64)60(65)54-51-48-45-42-39-36-27-24-21-18-15-12-9-6-3/h22,25,28,30,32,34,58-60,64-65H,4-21,23-24,26-27,29,31,33,35-57H2,1-3H3,(H,63,66)/b25-22+,30-28+,34-32+. The van der Waals surface area contributed by atoms with Gasteiger partial charge in [-0.15, -0.1) is 0 Å². The van der Waals surface area contributed by atoms with Crippen molar-refractivity contribution in [1.82, 2.24) is 5.32 Å². The summed E-state index contributed by atoms with van der Waals surface area (Å²) >= 11 is 0. The molecule has 3 unspecified atom stereocenters. The van der Waals surface area contributed by atoms with Crippen molar-refractivity contribution in [3.05, 3.63) is 36.5 Å². The van der Waals surface area contributed by atoms with Gasteiger partial charge in [0.05, 0.1) is 25.2 Å². The van der Waals surface area contributed by atoms with Gasteiger partial charge >= 0.3 is 5.97 Å². The SMILES string of the molecule is CCCCCCC/C=C/C=C/C=C/CCCCCCCC(=O)OC(CCCCCCCCCCCCCCCCCCC)CC(=O)NC(CO)C(O)CCCCCCCCCCCCCCCC. The average Bonchev–Trinajstić information content (AvgIpc) is 3.33. The highest BCUT2D eigenvalue weighted by molar-refractivity contribution is 5.77. The molecule has 6 heteroatoms. The molecule has 0 spiro atoms. The van der Waals surface area contributed by atoms with Crippen LogP contribution in [0.3, 0.4) is 0 Å². The number of ether oxygens (including phenoxy) is 1. The van der Waals surface area contributed by atoms with E-state index >= 15 is 0 Å². The van der Waals surface area contributed by atoms with E-state index < -0.39 is 18.2 Å². The number of allylic oxidation sites excluding steroid dienone is 6. The van der Waals surface area contributed by atoms with Crippen molar-refractivity contribution in [2.75, 3.05) is 6.61 Å². The molecule has 3 atom stereocenters. The fraction of sp³-hybridized carbons (Fsp3) is 0.871. The monoisotopic (exact) mass is 956 g/mol. The van der Waals surface area contributed by atoms with Crippen LogP contribution in [0.15, 0.2) is 36.5 Å². The highest BCUT2D eigenvalue weighted by Gasteiger charge is 2.24. The lowest BCUT2D eigenvalue weighted by atomic mass is 10.0.